The van der Waals surface area contributed by atoms with Gasteiger partial charge in [0.05, 0.1) is 29.0 Å². The van der Waals surface area contributed by atoms with Gasteiger partial charge in [0, 0.05) is 19.8 Å². The minimum Gasteiger partial charge on any atom is -0.462 e. The quantitative estimate of drug-likeness (QED) is 0.809. The number of anilines is 1. The lowest BCUT2D eigenvalue weighted by Gasteiger charge is -2.32. The summed E-state index contributed by atoms with van der Waals surface area (Å²) < 4.78 is 6.87. The molecule has 2 aromatic heterocycles. The van der Waals surface area contributed by atoms with Crippen LogP contribution in [0.15, 0.2) is 6.20 Å². The summed E-state index contributed by atoms with van der Waals surface area (Å²) in [6.07, 6.45) is 6.29. The van der Waals surface area contributed by atoms with E-state index in [9.17, 15) is 9.90 Å². The maximum absolute atomic E-state index is 12.4. The second-order valence-electron chi connectivity index (χ2n) is 6.81. The molecule has 0 bridgehead atoms. The Kier molecular flexibility index (Phi) is 4.94. The molecular formula is C18H26N4O3. The van der Waals surface area contributed by atoms with Crippen LogP contribution in [0.4, 0.5) is 5.69 Å². The Balaban J connectivity index is 2.00. The summed E-state index contributed by atoms with van der Waals surface area (Å²) in [6, 6.07) is 0. The van der Waals surface area contributed by atoms with Crippen LogP contribution in [0, 0.1) is 6.92 Å². The number of carbonyl (C=O) groups excluding carboxylic acids is 1. The maximum Gasteiger partial charge on any atom is 0.341 e. The van der Waals surface area contributed by atoms with Crippen LogP contribution in [0.2, 0.25) is 0 Å². The van der Waals surface area contributed by atoms with Gasteiger partial charge >= 0.3 is 5.97 Å². The van der Waals surface area contributed by atoms with Gasteiger partial charge in [-0.05, 0) is 26.7 Å². The van der Waals surface area contributed by atoms with Crippen molar-refractivity contribution in [3.8, 4) is 0 Å². The zero-order chi connectivity index (χ0) is 18.0. The SMILES string of the molecule is CCOC(=O)c1cnc2c(c(C)nn2C)c1NCC1(O)CCCCC1. The summed E-state index contributed by atoms with van der Waals surface area (Å²) in [6.45, 7) is 4.36. The predicted molar refractivity (Wildman–Crippen MR) is 95.7 cm³/mol. The van der Waals surface area contributed by atoms with Crippen LogP contribution < -0.4 is 5.32 Å². The third kappa shape index (κ3) is 3.46. The van der Waals surface area contributed by atoms with Gasteiger partial charge in [-0.3, -0.25) is 4.68 Å². The van der Waals surface area contributed by atoms with E-state index in [1.807, 2.05) is 14.0 Å². The Hall–Kier alpha value is -2.15. The second kappa shape index (κ2) is 7.00. The molecule has 0 amide bonds. The van der Waals surface area contributed by atoms with Gasteiger partial charge in [-0.2, -0.15) is 5.10 Å². The van der Waals surface area contributed by atoms with Crippen LogP contribution in [0.25, 0.3) is 11.0 Å². The molecule has 2 N–H and O–H groups in total. The standard InChI is InChI=1S/C18H26N4O3/c1-4-25-17(23)13-10-19-16-14(12(2)21-22(16)3)15(13)20-11-18(24)8-6-5-7-9-18/h10,24H,4-9,11H2,1-3H3,(H,19,20). The van der Waals surface area contributed by atoms with E-state index in [-0.39, 0.29) is 0 Å². The second-order valence-corrected chi connectivity index (χ2v) is 6.81. The highest BCUT2D eigenvalue weighted by Gasteiger charge is 2.30. The van der Waals surface area contributed by atoms with Crippen molar-refractivity contribution in [2.45, 2.75) is 51.6 Å². The predicted octanol–water partition coefficient (Wildman–Crippen LogP) is 2.56. The summed E-state index contributed by atoms with van der Waals surface area (Å²) in [4.78, 5) is 16.7. The molecule has 7 heteroatoms. The molecule has 0 saturated heterocycles. The lowest BCUT2D eigenvalue weighted by Crippen LogP contribution is -2.39. The molecule has 0 radical (unpaired) electrons. The molecule has 0 spiro atoms. The summed E-state index contributed by atoms with van der Waals surface area (Å²) in [5.74, 6) is -0.418. The Bertz CT molecular complexity index is 778. The first kappa shape index (κ1) is 17.7. The van der Waals surface area contributed by atoms with Gasteiger partial charge in [0.15, 0.2) is 5.65 Å². The van der Waals surface area contributed by atoms with Gasteiger partial charge in [0.1, 0.15) is 5.56 Å². The first-order valence-electron chi connectivity index (χ1n) is 8.91. The number of aryl methyl sites for hydroxylation is 2. The lowest BCUT2D eigenvalue weighted by atomic mass is 9.85. The zero-order valence-electron chi connectivity index (χ0n) is 15.1. The van der Waals surface area contributed by atoms with E-state index in [1.54, 1.807) is 11.6 Å². The summed E-state index contributed by atoms with van der Waals surface area (Å²) >= 11 is 0. The number of esters is 1. The molecular weight excluding hydrogens is 320 g/mol. The van der Waals surface area contributed by atoms with E-state index in [2.05, 4.69) is 15.4 Å². The monoisotopic (exact) mass is 346 g/mol. The lowest BCUT2D eigenvalue weighted by molar-refractivity contribution is 0.0166. The van der Waals surface area contributed by atoms with Crippen LogP contribution in [0.3, 0.4) is 0 Å². The van der Waals surface area contributed by atoms with Gasteiger partial charge in [-0.25, -0.2) is 9.78 Å². The van der Waals surface area contributed by atoms with Crippen molar-refractivity contribution in [2.75, 3.05) is 18.5 Å². The zero-order valence-corrected chi connectivity index (χ0v) is 15.1. The highest BCUT2D eigenvalue weighted by Crippen LogP contribution is 2.32. The van der Waals surface area contributed by atoms with Gasteiger partial charge < -0.3 is 15.2 Å². The minimum absolute atomic E-state index is 0.298. The van der Waals surface area contributed by atoms with Crippen molar-refractivity contribution >= 4 is 22.7 Å². The molecule has 1 fully saturated rings. The number of hydrogen-bond donors (Lipinski definition) is 2. The van der Waals surface area contributed by atoms with Gasteiger partial charge in [0.25, 0.3) is 0 Å². The van der Waals surface area contributed by atoms with Crippen molar-refractivity contribution in [1.29, 1.82) is 0 Å². The van der Waals surface area contributed by atoms with Crippen molar-refractivity contribution in [3.05, 3.63) is 17.5 Å². The summed E-state index contributed by atoms with van der Waals surface area (Å²) in [7, 11) is 1.82. The average Bonchev–Trinajstić information content (AvgIpc) is 2.88. The van der Waals surface area contributed by atoms with Crippen molar-refractivity contribution in [3.63, 3.8) is 0 Å². The molecule has 1 aliphatic carbocycles. The normalized spacial score (nSPS) is 16.8. The van der Waals surface area contributed by atoms with Crippen molar-refractivity contribution < 1.29 is 14.6 Å². The Morgan fingerprint density at radius 2 is 2.12 bits per heavy atom. The number of carbonyl (C=O) groups is 1. The molecule has 2 heterocycles. The fourth-order valence-electron chi connectivity index (χ4n) is 3.60. The number of rotatable bonds is 5. The summed E-state index contributed by atoms with van der Waals surface area (Å²) in [5.41, 5.74) is 1.77. The molecule has 0 aliphatic heterocycles. The Morgan fingerprint density at radius 1 is 1.40 bits per heavy atom. The van der Waals surface area contributed by atoms with Gasteiger partial charge in [0.2, 0.25) is 0 Å². The number of hydrogen-bond acceptors (Lipinski definition) is 6. The number of pyridine rings is 1. The first-order valence-corrected chi connectivity index (χ1v) is 8.91. The molecule has 0 atom stereocenters. The van der Waals surface area contributed by atoms with Crippen LogP contribution in [0.5, 0.6) is 0 Å². The molecule has 0 unspecified atom stereocenters. The number of aliphatic hydroxyl groups is 1. The fraction of sp³-hybridized carbons (Fsp3) is 0.611. The maximum atomic E-state index is 12.4. The molecule has 25 heavy (non-hydrogen) atoms. The van der Waals surface area contributed by atoms with E-state index < -0.39 is 11.6 Å². The number of aromatic nitrogens is 3. The van der Waals surface area contributed by atoms with E-state index in [0.29, 0.717) is 30.0 Å². The summed E-state index contributed by atoms with van der Waals surface area (Å²) in [5, 5.41) is 19.3. The van der Waals surface area contributed by atoms with E-state index in [4.69, 9.17) is 4.74 Å². The van der Waals surface area contributed by atoms with Crippen LogP contribution in [-0.4, -0.2) is 44.6 Å². The van der Waals surface area contributed by atoms with Crippen LogP contribution in [-0.2, 0) is 11.8 Å². The molecule has 1 aliphatic rings. The molecule has 1 saturated carbocycles. The first-order chi connectivity index (χ1) is 11.9. The molecule has 2 aromatic rings. The minimum atomic E-state index is -0.740. The number of nitrogens with one attached hydrogen (secondary N) is 1. The van der Waals surface area contributed by atoms with Crippen molar-refractivity contribution in [2.24, 2.45) is 7.05 Å². The Morgan fingerprint density at radius 3 is 2.80 bits per heavy atom. The molecule has 7 nitrogen and oxygen atoms in total. The van der Waals surface area contributed by atoms with Gasteiger partial charge in [-0.1, -0.05) is 19.3 Å². The largest absolute Gasteiger partial charge is 0.462 e. The highest BCUT2D eigenvalue weighted by molar-refractivity contribution is 6.05. The smallest absolute Gasteiger partial charge is 0.341 e. The molecule has 3 rings (SSSR count). The topological polar surface area (TPSA) is 89.3 Å². The third-order valence-electron chi connectivity index (χ3n) is 4.90. The molecule has 0 aromatic carbocycles. The van der Waals surface area contributed by atoms with Crippen LogP contribution >= 0.6 is 0 Å². The number of nitrogens with zero attached hydrogens (tertiary/aromatic N) is 3. The fourth-order valence-corrected chi connectivity index (χ4v) is 3.60. The van der Waals surface area contributed by atoms with E-state index in [0.717, 1.165) is 43.2 Å². The third-order valence-corrected chi connectivity index (χ3v) is 4.90. The van der Waals surface area contributed by atoms with Gasteiger partial charge in [-0.15, -0.1) is 0 Å². The molecule has 136 valence electrons. The van der Waals surface area contributed by atoms with E-state index in [1.165, 1.54) is 6.20 Å². The van der Waals surface area contributed by atoms with E-state index >= 15 is 0 Å². The van der Waals surface area contributed by atoms with Crippen molar-refractivity contribution in [1.82, 2.24) is 14.8 Å². The Labute approximate surface area is 147 Å². The average molecular weight is 346 g/mol. The van der Waals surface area contributed by atoms with Crippen LogP contribution in [0.1, 0.15) is 55.1 Å². The number of fused-ring (bicyclic) bond motifs is 1. The highest BCUT2D eigenvalue weighted by atomic mass is 16.5. The number of ether oxygens (including phenoxy) is 1.